The van der Waals surface area contributed by atoms with Crippen molar-refractivity contribution in [1.29, 1.82) is 0 Å². The van der Waals surface area contributed by atoms with E-state index in [2.05, 4.69) is 236 Å². The Morgan fingerprint density at radius 3 is 1.54 bits per heavy atom. The van der Waals surface area contributed by atoms with Crippen molar-refractivity contribution in [2.45, 2.75) is 19.8 Å². The van der Waals surface area contributed by atoms with Crippen molar-refractivity contribution in [2.75, 3.05) is 9.80 Å². The van der Waals surface area contributed by atoms with Crippen LogP contribution in [0.2, 0.25) is 0 Å². The third-order valence-electron chi connectivity index (χ3n) is 14.0. The van der Waals surface area contributed by atoms with E-state index in [1.54, 1.807) is 0 Å². The summed E-state index contributed by atoms with van der Waals surface area (Å²) in [7, 11) is 0. The number of hydrogen-bond donors (Lipinski definition) is 0. The van der Waals surface area contributed by atoms with Gasteiger partial charge in [0.1, 0.15) is 11.5 Å². The fourth-order valence-electron chi connectivity index (χ4n) is 10.7. The molecule has 0 saturated carbocycles. The van der Waals surface area contributed by atoms with Gasteiger partial charge in [0.25, 0.3) is 0 Å². The van der Waals surface area contributed by atoms with Gasteiger partial charge in [0.15, 0.2) is 0 Å². The fraction of sp³-hybridized carbons (Fsp3) is 0.0476. The summed E-state index contributed by atoms with van der Waals surface area (Å²) in [6.45, 7) is 4.58. The average molecular weight is 907 g/mol. The van der Waals surface area contributed by atoms with E-state index in [-0.39, 0.29) is 0 Å². The molecule has 1 aliphatic heterocycles. The maximum atomic E-state index is 7.06. The molecule has 0 bridgehead atoms. The van der Waals surface area contributed by atoms with Gasteiger partial charge in [-0.05, 0) is 130 Å². The molecule has 0 fully saturated rings. The SMILES string of the molecule is CC(C)c1ccc2c(N(c3ccccc3)c3ccc4c(c3)sc3ccccc34)cc3c4cccc5c4c(cc3c2c1)-c1ccc(N(c2ccccc2)c2ccc3c(c2)sc2ccccc23)cc1O5. The zero-order chi connectivity index (χ0) is 45.0. The Balaban J connectivity index is 0.974. The lowest BCUT2D eigenvalue weighted by molar-refractivity contribution is 0.487. The van der Waals surface area contributed by atoms with Gasteiger partial charge in [-0.15, -0.1) is 22.7 Å². The quantitative estimate of drug-likeness (QED) is 0.148. The smallest absolute Gasteiger partial charge is 0.137 e. The number of para-hydroxylation sites is 2. The largest absolute Gasteiger partial charge is 0.456 e. The fourth-order valence-corrected chi connectivity index (χ4v) is 13.0. The Kier molecular flexibility index (Phi) is 8.82. The van der Waals surface area contributed by atoms with Gasteiger partial charge in [-0.1, -0.05) is 129 Å². The highest BCUT2D eigenvalue weighted by atomic mass is 32.1. The summed E-state index contributed by atoms with van der Waals surface area (Å²) in [4.78, 5) is 4.81. The molecule has 2 aromatic heterocycles. The third-order valence-corrected chi connectivity index (χ3v) is 16.2. The summed E-state index contributed by atoms with van der Waals surface area (Å²) < 4.78 is 12.2. The molecule has 14 rings (SSSR count). The van der Waals surface area contributed by atoms with Crippen LogP contribution in [-0.4, -0.2) is 0 Å². The van der Waals surface area contributed by atoms with Gasteiger partial charge < -0.3 is 14.5 Å². The molecule has 0 amide bonds. The maximum absolute atomic E-state index is 7.06. The van der Waals surface area contributed by atoms with E-state index < -0.39 is 0 Å². The van der Waals surface area contributed by atoms with Crippen LogP contribution in [0, 0.1) is 0 Å². The predicted octanol–water partition coefficient (Wildman–Crippen LogP) is 19.7. The molecule has 11 aromatic carbocycles. The maximum Gasteiger partial charge on any atom is 0.137 e. The first kappa shape index (κ1) is 39.2. The van der Waals surface area contributed by atoms with Gasteiger partial charge in [-0.25, -0.2) is 0 Å². The first-order valence-electron chi connectivity index (χ1n) is 23.3. The molecule has 0 spiro atoms. The Hall–Kier alpha value is -7.96. The molecule has 0 saturated heterocycles. The van der Waals surface area contributed by atoms with Crippen molar-refractivity contribution in [3.05, 3.63) is 218 Å². The van der Waals surface area contributed by atoms with Crippen molar-refractivity contribution < 1.29 is 4.74 Å². The average Bonchev–Trinajstić information content (AvgIpc) is 3.95. The summed E-state index contributed by atoms with van der Waals surface area (Å²) in [6.07, 6.45) is 0. The topological polar surface area (TPSA) is 15.7 Å². The minimum absolute atomic E-state index is 0.365. The highest BCUT2D eigenvalue weighted by molar-refractivity contribution is 7.26. The number of nitrogens with zero attached hydrogens (tertiary/aromatic N) is 2. The van der Waals surface area contributed by atoms with E-state index in [0.29, 0.717) is 5.92 Å². The van der Waals surface area contributed by atoms with Crippen LogP contribution in [0.4, 0.5) is 34.1 Å². The Morgan fingerprint density at radius 1 is 0.338 bits per heavy atom. The van der Waals surface area contributed by atoms with Gasteiger partial charge in [-0.3, -0.25) is 0 Å². The second kappa shape index (κ2) is 15.3. The standard InChI is InChI=1S/C63H42N2OS2/c1-38(2)39-24-28-45-52(32-39)53-36-55-46-29-25-42(64(40-14-5-3-6-15-40)43-26-30-49-47-18-9-11-22-59(47)67-61(49)34-43)33-58(46)66-57-21-13-20-51(63(55)57)54(53)37-56(45)65(41-16-7-4-8-17-41)44-27-31-50-48-19-10-12-23-60(48)68-62(50)35-44/h3-38H,1-2H3. The van der Waals surface area contributed by atoms with Crippen molar-refractivity contribution in [3.63, 3.8) is 0 Å². The zero-order valence-electron chi connectivity index (χ0n) is 37.4. The van der Waals surface area contributed by atoms with Crippen LogP contribution in [0.15, 0.2) is 212 Å². The van der Waals surface area contributed by atoms with E-state index in [1.165, 1.54) is 78.4 Å². The minimum atomic E-state index is 0.365. The normalized spacial score (nSPS) is 12.2. The molecule has 0 N–H and O–H groups in total. The molecule has 3 nitrogen and oxygen atoms in total. The number of anilines is 6. The lowest BCUT2D eigenvalue weighted by atomic mass is 9.87. The highest BCUT2D eigenvalue weighted by Crippen LogP contribution is 2.53. The van der Waals surface area contributed by atoms with E-state index in [0.717, 1.165) is 56.6 Å². The second-order valence-corrected chi connectivity index (χ2v) is 20.4. The van der Waals surface area contributed by atoms with E-state index >= 15 is 0 Å². The summed E-state index contributed by atoms with van der Waals surface area (Å²) in [6, 6.07) is 78.1. The summed E-state index contributed by atoms with van der Waals surface area (Å²) in [5, 5.41) is 12.4. The monoisotopic (exact) mass is 906 g/mol. The minimum Gasteiger partial charge on any atom is -0.456 e. The lowest BCUT2D eigenvalue weighted by Crippen LogP contribution is -2.11. The van der Waals surface area contributed by atoms with E-state index in [9.17, 15) is 0 Å². The Morgan fingerprint density at radius 2 is 0.868 bits per heavy atom. The summed E-state index contributed by atoms with van der Waals surface area (Å²) in [5.74, 6) is 2.08. The molecule has 13 aromatic rings. The zero-order valence-corrected chi connectivity index (χ0v) is 39.0. The van der Waals surface area contributed by atoms with Crippen LogP contribution in [0.25, 0.3) is 83.8 Å². The number of ether oxygens (including phenoxy) is 1. The van der Waals surface area contributed by atoms with Crippen LogP contribution < -0.4 is 14.5 Å². The van der Waals surface area contributed by atoms with Crippen molar-refractivity contribution in [3.8, 4) is 22.6 Å². The number of rotatable bonds is 7. The lowest BCUT2D eigenvalue weighted by Gasteiger charge is -2.29. The number of benzene rings is 11. The molecule has 0 aliphatic carbocycles. The molecule has 0 unspecified atom stereocenters. The molecular weight excluding hydrogens is 865 g/mol. The van der Waals surface area contributed by atoms with E-state index in [4.69, 9.17) is 4.74 Å². The molecule has 68 heavy (non-hydrogen) atoms. The van der Waals surface area contributed by atoms with Crippen molar-refractivity contribution >= 4 is 129 Å². The molecule has 0 atom stereocenters. The predicted molar refractivity (Wildman–Crippen MR) is 294 cm³/mol. The van der Waals surface area contributed by atoms with Gasteiger partial charge in [0, 0.05) is 91.2 Å². The van der Waals surface area contributed by atoms with Gasteiger partial charge in [0.2, 0.25) is 0 Å². The molecule has 5 heteroatoms. The van der Waals surface area contributed by atoms with Crippen LogP contribution in [-0.2, 0) is 0 Å². The second-order valence-electron chi connectivity index (χ2n) is 18.2. The number of hydrogen-bond acceptors (Lipinski definition) is 5. The van der Waals surface area contributed by atoms with Gasteiger partial charge in [-0.2, -0.15) is 0 Å². The Labute approximate surface area is 401 Å². The third kappa shape index (κ3) is 6.09. The Bertz CT molecular complexity index is 4170. The first-order chi connectivity index (χ1) is 33.5. The van der Waals surface area contributed by atoms with Gasteiger partial charge >= 0.3 is 0 Å². The van der Waals surface area contributed by atoms with Gasteiger partial charge in [0.05, 0.1) is 5.69 Å². The van der Waals surface area contributed by atoms with E-state index in [1.807, 2.05) is 22.7 Å². The molecular formula is C63H42N2OS2. The van der Waals surface area contributed by atoms with Crippen LogP contribution in [0.3, 0.4) is 0 Å². The summed E-state index contributed by atoms with van der Waals surface area (Å²) in [5.41, 5.74) is 10.2. The molecule has 0 radical (unpaired) electrons. The summed E-state index contributed by atoms with van der Waals surface area (Å²) >= 11 is 3.71. The first-order valence-corrected chi connectivity index (χ1v) is 25.0. The molecule has 3 heterocycles. The highest BCUT2D eigenvalue weighted by Gasteiger charge is 2.27. The van der Waals surface area contributed by atoms with Crippen LogP contribution >= 0.6 is 22.7 Å². The number of thiophene rings is 2. The van der Waals surface area contributed by atoms with Crippen LogP contribution in [0.5, 0.6) is 11.5 Å². The van der Waals surface area contributed by atoms with Crippen molar-refractivity contribution in [1.82, 2.24) is 0 Å². The number of fused-ring (bicyclic) bond motifs is 12. The molecule has 1 aliphatic rings. The van der Waals surface area contributed by atoms with Crippen LogP contribution in [0.1, 0.15) is 25.3 Å². The molecule has 322 valence electrons. The van der Waals surface area contributed by atoms with Crippen molar-refractivity contribution in [2.24, 2.45) is 0 Å².